The predicted octanol–water partition coefficient (Wildman–Crippen LogP) is 3.32. The second-order valence-corrected chi connectivity index (χ2v) is 2.97. The number of carbonyl (C=O) groups is 1. The van der Waals surface area contributed by atoms with Crippen molar-refractivity contribution < 1.29 is 9.53 Å². The van der Waals surface area contributed by atoms with Crippen LogP contribution in [0.3, 0.4) is 0 Å². The molecule has 0 saturated heterocycles. The van der Waals surface area contributed by atoms with E-state index in [2.05, 4.69) is 10.2 Å². The van der Waals surface area contributed by atoms with E-state index in [9.17, 15) is 4.79 Å². The summed E-state index contributed by atoms with van der Waals surface area (Å²) in [4.78, 5) is 10.9. The van der Waals surface area contributed by atoms with Crippen LogP contribution in [0.2, 0.25) is 0 Å². The molecule has 1 rings (SSSR count). The topological polar surface area (TPSA) is 51.0 Å². The van der Waals surface area contributed by atoms with Gasteiger partial charge in [-0.2, -0.15) is 0 Å². The van der Waals surface area contributed by atoms with Gasteiger partial charge in [-0.1, -0.05) is 23.3 Å². The first-order valence-corrected chi connectivity index (χ1v) is 4.36. The summed E-state index contributed by atoms with van der Waals surface area (Å²) in [5.74, 6) is 0. The van der Waals surface area contributed by atoms with Crippen molar-refractivity contribution >= 4 is 11.8 Å². The monoisotopic (exact) mass is 192 g/mol. The van der Waals surface area contributed by atoms with Crippen LogP contribution in [0.4, 0.5) is 10.5 Å². The first-order valence-electron chi connectivity index (χ1n) is 4.36. The van der Waals surface area contributed by atoms with Gasteiger partial charge in [-0.05, 0) is 26.0 Å². The number of carbonyl (C=O) groups excluding carboxylic acids is 1. The Hall–Kier alpha value is -1.71. The fourth-order valence-corrected chi connectivity index (χ4v) is 0.818. The minimum Gasteiger partial charge on any atom is -0.444 e. The third kappa shape index (κ3) is 3.80. The fraction of sp³-hybridized carbons (Fsp3) is 0.300. The predicted molar refractivity (Wildman–Crippen MR) is 52.6 cm³/mol. The van der Waals surface area contributed by atoms with Crippen LogP contribution in [-0.4, -0.2) is 12.2 Å². The molecule has 14 heavy (non-hydrogen) atoms. The molecule has 0 fully saturated rings. The minimum atomic E-state index is -0.663. The Kier molecular flexibility index (Phi) is 3.79. The SMILES string of the molecule is CC(C)OC(=O)/N=N/c1ccccc1. The van der Waals surface area contributed by atoms with Gasteiger partial charge in [0.15, 0.2) is 0 Å². The molecule has 1 amide bonds. The Morgan fingerprint density at radius 2 is 1.93 bits per heavy atom. The van der Waals surface area contributed by atoms with Crippen molar-refractivity contribution in [2.75, 3.05) is 0 Å². The molecule has 0 unspecified atom stereocenters. The summed E-state index contributed by atoms with van der Waals surface area (Å²) in [6.07, 6.45) is -0.832. The maximum atomic E-state index is 10.9. The summed E-state index contributed by atoms with van der Waals surface area (Å²) in [5, 5.41) is 7.11. The molecular formula is C10H12N2O2. The Bertz CT molecular complexity index is 320. The van der Waals surface area contributed by atoms with Crippen LogP contribution in [-0.2, 0) is 4.74 Å². The summed E-state index contributed by atoms with van der Waals surface area (Å²) >= 11 is 0. The molecule has 0 aliphatic carbocycles. The Morgan fingerprint density at radius 1 is 1.29 bits per heavy atom. The number of azo groups is 1. The summed E-state index contributed by atoms with van der Waals surface area (Å²) in [5.41, 5.74) is 0.633. The summed E-state index contributed by atoms with van der Waals surface area (Å²) in [6.45, 7) is 3.52. The molecule has 74 valence electrons. The first kappa shape index (κ1) is 10.4. The van der Waals surface area contributed by atoms with Gasteiger partial charge in [0.25, 0.3) is 0 Å². The lowest BCUT2D eigenvalue weighted by Gasteiger charge is -2.01. The van der Waals surface area contributed by atoms with Gasteiger partial charge in [-0.3, -0.25) is 0 Å². The number of rotatable bonds is 2. The van der Waals surface area contributed by atoms with E-state index in [1.807, 2.05) is 18.2 Å². The molecule has 1 aromatic rings. The van der Waals surface area contributed by atoms with Gasteiger partial charge in [-0.25, -0.2) is 4.79 Å². The highest BCUT2D eigenvalue weighted by molar-refractivity contribution is 5.68. The highest BCUT2D eigenvalue weighted by Gasteiger charge is 2.01. The number of hydrogen-bond donors (Lipinski definition) is 0. The van der Waals surface area contributed by atoms with Gasteiger partial charge in [-0.15, -0.1) is 5.11 Å². The van der Waals surface area contributed by atoms with E-state index in [1.165, 1.54) is 0 Å². The van der Waals surface area contributed by atoms with Gasteiger partial charge in [0.1, 0.15) is 0 Å². The highest BCUT2D eigenvalue weighted by Crippen LogP contribution is 2.10. The molecule has 0 atom stereocenters. The van der Waals surface area contributed by atoms with Crippen LogP contribution in [0.1, 0.15) is 13.8 Å². The van der Waals surface area contributed by atoms with Crippen LogP contribution < -0.4 is 0 Å². The van der Waals surface area contributed by atoms with Crippen molar-refractivity contribution in [1.29, 1.82) is 0 Å². The molecule has 0 spiro atoms. The normalized spacial score (nSPS) is 10.8. The molecule has 0 saturated carbocycles. The van der Waals surface area contributed by atoms with Gasteiger partial charge in [0.2, 0.25) is 0 Å². The number of benzene rings is 1. The number of amides is 1. The second-order valence-electron chi connectivity index (χ2n) is 2.97. The Morgan fingerprint density at radius 3 is 2.50 bits per heavy atom. The molecule has 0 aliphatic rings. The zero-order valence-corrected chi connectivity index (χ0v) is 8.18. The standard InChI is InChI=1S/C10H12N2O2/c1-8(2)14-10(13)12-11-9-6-4-3-5-7-9/h3-8H,1-2H3/b12-11+. The summed E-state index contributed by atoms with van der Waals surface area (Å²) in [6, 6.07) is 9.02. The Balaban J connectivity index is 2.52. The zero-order chi connectivity index (χ0) is 10.4. The van der Waals surface area contributed by atoms with E-state index in [0.717, 1.165) is 0 Å². The number of ether oxygens (including phenoxy) is 1. The first-order chi connectivity index (χ1) is 6.68. The van der Waals surface area contributed by atoms with Crippen LogP contribution in [0.25, 0.3) is 0 Å². The van der Waals surface area contributed by atoms with E-state index in [0.29, 0.717) is 5.69 Å². The van der Waals surface area contributed by atoms with Crippen molar-refractivity contribution in [2.24, 2.45) is 10.2 Å². The molecular weight excluding hydrogens is 180 g/mol. The molecule has 0 radical (unpaired) electrons. The minimum absolute atomic E-state index is 0.169. The van der Waals surface area contributed by atoms with E-state index in [4.69, 9.17) is 4.74 Å². The molecule has 0 N–H and O–H groups in total. The van der Waals surface area contributed by atoms with Crippen LogP contribution in [0.5, 0.6) is 0 Å². The molecule has 4 nitrogen and oxygen atoms in total. The van der Waals surface area contributed by atoms with E-state index < -0.39 is 6.09 Å². The summed E-state index contributed by atoms with van der Waals surface area (Å²) < 4.78 is 4.77. The van der Waals surface area contributed by atoms with Crippen LogP contribution >= 0.6 is 0 Å². The fourth-order valence-electron chi connectivity index (χ4n) is 0.818. The van der Waals surface area contributed by atoms with Gasteiger partial charge < -0.3 is 4.74 Å². The lowest BCUT2D eigenvalue weighted by atomic mass is 10.3. The molecule has 1 aromatic carbocycles. The van der Waals surface area contributed by atoms with E-state index in [1.54, 1.807) is 26.0 Å². The van der Waals surface area contributed by atoms with Crippen molar-refractivity contribution in [2.45, 2.75) is 20.0 Å². The zero-order valence-electron chi connectivity index (χ0n) is 8.18. The maximum absolute atomic E-state index is 10.9. The summed E-state index contributed by atoms with van der Waals surface area (Å²) in [7, 11) is 0. The molecule has 0 aromatic heterocycles. The smallest absolute Gasteiger partial charge is 0.444 e. The van der Waals surface area contributed by atoms with Crippen molar-refractivity contribution in [3.05, 3.63) is 30.3 Å². The lowest BCUT2D eigenvalue weighted by Crippen LogP contribution is -2.06. The van der Waals surface area contributed by atoms with E-state index >= 15 is 0 Å². The third-order valence-electron chi connectivity index (χ3n) is 1.34. The van der Waals surface area contributed by atoms with Gasteiger partial charge >= 0.3 is 6.09 Å². The quantitative estimate of drug-likeness (QED) is 0.675. The van der Waals surface area contributed by atoms with Crippen LogP contribution in [0.15, 0.2) is 40.6 Å². The highest BCUT2D eigenvalue weighted by atomic mass is 16.6. The third-order valence-corrected chi connectivity index (χ3v) is 1.34. The largest absolute Gasteiger partial charge is 0.452 e. The average molecular weight is 192 g/mol. The van der Waals surface area contributed by atoms with Crippen molar-refractivity contribution in [3.8, 4) is 0 Å². The van der Waals surface area contributed by atoms with Crippen molar-refractivity contribution in [1.82, 2.24) is 0 Å². The number of hydrogen-bond acceptors (Lipinski definition) is 3. The Labute approximate surface area is 82.6 Å². The van der Waals surface area contributed by atoms with Gasteiger partial charge in [0, 0.05) is 0 Å². The van der Waals surface area contributed by atoms with Crippen molar-refractivity contribution in [3.63, 3.8) is 0 Å². The molecule has 0 aliphatic heterocycles. The van der Waals surface area contributed by atoms with E-state index in [-0.39, 0.29) is 6.10 Å². The number of nitrogens with zero attached hydrogens (tertiary/aromatic N) is 2. The lowest BCUT2D eigenvalue weighted by molar-refractivity contribution is 0.124. The molecule has 4 heteroatoms. The van der Waals surface area contributed by atoms with Crippen LogP contribution in [0, 0.1) is 0 Å². The maximum Gasteiger partial charge on any atom is 0.452 e. The molecule has 0 bridgehead atoms. The molecule has 0 heterocycles. The van der Waals surface area contributed by atoms with Gasteiger partial charge in [0.05, 0.1) is 11.8 Å². The second kappa shape index (κ2) is 5.11. The average Bonchev–Trinajstić information content (AvgIpc) is 2.15.